The number of hydrogen-bond acceptors (Lipinski definition) is 6. The van der Waals surface area contributed by atoms with E-state index in [4.69, 9.17) is 4.42 Å². The first kappa shape index (κ1) is 22.0. The van der Waals surface area contributed by atoms with Gasteiger partial charge in [0.25, 0.3) is 15.9 Å². The van der Waals surface area contributed by atoms with Gasteiger partial charge in [-0.15, -0.1) is 0 Å². The highest BCUT2D eigenvalue weighted by Gasteiger charge is 2.33. The molecule has 31 heavy (non-hydrogen) atoms. The van der Waals surface area contributed by atoms with Gasteiger partial charge in [-0.25, -0.2) is 8.42 Å². The molecule has 2 aliphatic rings. The number of carbonyl (C=O) groups is 1. The molecule has 10 heteroatoms. The monoisotopic (exact) mass is 449 g/mol. The number of likely N-dealkylation sites (tertiary alicyclic amines) is 1. The topological polar surface area (TPSA) is 103 Å². The zero-order valence-electron chi connectivity index (χ0n) is 18.2. The lowest BCUT2D eigenvalue weighted by atomic mass is 10.1. The SMILES string of the molecule is CCC(CC)N1CCN(S(=O)(=O)c2ccc(-c3[nH]ncc3C(=O)N3CCCC3)o2)CC1. The van der Waals surface area contributed by atoms with E-state index in [0.717, 1.165) is 38.8 Å². The summed E-state index contributed by atoms with van der Waals surface area (Å²) in [6, 6.07) is 3.54. The van der Waals surface area contributed by atoms with E-state index in [2.05, 4.69) is 28.9 Å². The van der Waals surface area contributed by atoms with Gasteiger partial charge in [0.1, 0.15) is 5.69 Å². The molecule has 2 aromatic rings. The Morgan fingerprint density at radius 3 is 2.42 bits per heavy atom. The van der Waals surface area contributed by atoms with Gasteiger partial charge in [0.2, 0.25) is 5.09 Å². The van der Waals surface area contributed by atoms with Crippen LogP contribution in [0.2, 0.25) is 0 Å². The lowest BCUT2D eigenvalue weighted by Gasteiger charge is -2.37. The third kappa shape index (κ3) is 4.28. The molecule has 2 aliphatic heterocycles. The Bertz CT molecular complexity index is 997. The Kier molecular flexibility index (Phi) is 6.49. The van der Waals surface area contributed by atoms with Crippen molar-refractivity contribution in [1.29, 1.82) is 0 Å². The summed E-state index contributed by atoms with van der Waals surface area (Å²) in [5, 5.41) is 6.69. The molecule has 0 aliphatic carbocycles. The number of H-pyrrole nitrogens is 1. The Morgan fingerprint density at radius 2 is 1.77 bits per heavy atom. The predicted molar refractivity (Wildman–Crippen MR) is 116 cm³/mol. The lowest BCUT2D eigenvalue weighted by molar-refractivity contribution is 0.0793. The summed E-state index contributed by atoms with van der Waals surface area (Å²) in [5.74, 6) is 0.189. The van der Waals surface area contributed by atoms with Crippen LogP contribution in [-0.2, 0) is 10.0 Å². The van der Waals surface area contributed by atoms with Crippen molar-refractivity contribution in [1.82, 2.24) is 24.3 Å². The number of carbonyl (C=O) groups excluding carboxylic acids is 1. The number of nitrogens with one attached hydrogen (secondary N) is 1. The standard InChI is InChI=1S/C21H31N5O4S/c1-3-16(4-2)24-11-13-26(14-12-24)31(28,29)19-8-7-18(30-19)20-17(15-22-23-20)21(27)25-9-5-6-10-25/h7-8,15-16H,3-6,9-14H2,1-2H3,(H,22,23). The van der Waals surface area contributed by atoms with Gasteiger partial charge in [0.15, 0.2) is 5.76 Å². The fraction of sp³-hybridized carbons (Fsp3) is 0.619. The number of nitrogens with zero attached hydrogens (tertiary/aromatic N) is 4. The van der Waals surface area contributed by atoms with Crippen molar-refractivity contribution in [2.24, 2.45) is 0 Å². The highest BCUT2D eigenvalue weighted by atomic mass is 32.2. The third-order valence-corrected chi connectivity index (χ3v) is 8.19. The summed E-state index contributed by atoms with van der Waals surface area (Å²) in [4.78, 5) is 16.9. The maximum atomic E-state index is 13.1. The Hall–Kier alpha value is -2.17. The molecule has 0 saturated carbocycles. The number of aromatic nitrogens is 2. The Morgan fingerprint density at radius 1 is 1.10 bits per heavy atom. The van der Waals surface area contributed by atoms with E-state index in [-0.39, 0.29) is 11.0 Å². The molecular formula is C21H31N5O4S. The number of aromatic amines is 1. The fourth-order valence-electron chi connectivity index (χ4n) is 4.56. The molecule has 0 unspecified atom stereocenters. The molecule has 4 rings (SSSR count). The van der Waals surface area contributed by atoms with Crippen molar-refractivity contribution in [2.45, 2.75) is 50.7 Å². The summed E-state index contributed by atoms with van der Waals surface area (Å²) >= 11 is 0. The first-order valence-electron chi connectivity index (χ1n) is 11.1. The van der Waals surface area contributed by atoms with Crippen LogP contribution in [0.3, 0.4) is 0 Å². The van der Waals surface area contributed by atoms with E-state index in [1.54, 1.807) is 11.0 Å². The van der Waals surface area contributed by atoms with Crippen LogP contribution in [0.15, 0.2) is 27.8 Å². The second-order valence-corrected chi connectivity index (χ2v) is 10.1. The van der Waals surface area contributed by atoms with Crippen molar-refractivity contribution in [3.8, 4) is 11.5 Å². The van der Waals surface area contributed by atoms with Gasteiger partial charge < -0.3 is 9.32 Å². The van der Waals surface area contributed by atoms with Crippen LogP contribution in [0, 0.1) is 0 Å². The van der Waals surface area contributed by atoms with Crippen molar-refractivity contribution < 1.29 is 17.6 Å². The molecule has 0 spiro atoms. The first-order valence-corrected chi connectivity index (χ1v) is 12.6. The Labute approximate surface area is 183 Å². The second kappa shape index (κ2) is 9.13. The van der Waals surface area contributed by atoms with E-state index >= 15 is 0 Å². The van der Waals surface area contributed by atoms with E-state index in [0.29, 0.717) is 49.2 Å². The fourth-order valence-corrected chi connectivity index (χ4v) is 5.89. The molecule has 0 aromatic carbocycles. The summed E-state index contributed by atoms with van der Waals surface area (Å²) in [6.45, 7) is 8.10. The van der Waals surface area contributed by atoms with Gasteiger partial charge in [-0.2, -0.15) is 9.40 Å². The molecule has 170 valence electrons. The first-order chi connectivity index (χ1) is 15.0. The molecule has 1 N–H and O–H groups in total. The van der Waals surface area contributed by atoms with Gasteiger partial charge in [-0.05, 0) is 37.8 Å². The number of piperazine rings is 1. The smallest absolute Gasteiger partial charge is 0.276 e. The summed E-state index contributed by atoms with van der Waals surface area (Å²) < 4.78 is 33.5. The lowest BCUT2D eigenvalue weighted by Crippen LogP contribution is -2.51. The number of rotatable bonds is 7. The van der Waals surface area contributed by atoms with Gasteiger partial charge in [-0.1, -0.05) is 13.8 Å². The van der Waals surface area contributed by atoms with Gasteiger partial charge in [0.05, 0.1) is 11.8 Å². The average molecular weight is 450 g/mol. The molecule has 9 nitrogen and oxygen atoms in total. The zero-order valence-corrected chi connectivity index (χ0v) is 19.0. The number of furan rings is 1. The largest absolute Gasteiger partial charge is 0.442 e. The highest BCUT2D eigenvalue weighted by Crippen LogP contribution is 2.29. The van der Waals surface area contributed by atoms with Gasteiger partial charge in [-0.3, -0.25) is 14.8 Å². The van der Waals surface area contributed by atoms with Crippen molar-refractivity contribution in [3.63, 3.8) is 0 Å². The molecule has 0 radical (unpaired) electrons. The average Bonchev–Trinajstić information content (AvgIpc) is 3.56. The van der Waals surface area contributed by atoms with Crippen molar-refractivity contribution in [2.75, 3.05) is 39.3 Å². The van der Waals surface area contributed by atoms with E-state index in [9.17, 15) is 13.2 Å². The summed E-state index contributed by atoms with van der Waals surface area (Å²) in [7, 11) is -3.73. The van der Waals surface area contributed by atoms with Crippen LogP contribution in [0.1, 0.15) is 49.9 Å². The highest BCUT2D eigenvalue weighted by molar-refractivity contribution is 7.89. The van der Waals surface area contributed by atoms with Crippen LogP contribution < -0.4 is 0 Å². The van der Waals surface area contributed by atoms with Crippen LogP contribution in [0.4, 0.5) is 0 Å². The van der Waals surface area contributed by atoms with Crippen LogP contribution >= 0.6 is 0 Å². The molecule has 1 amide bonds. The molecule has 2 saturated heterocycles. The maximum Gasteiger partial charge on any atom is 0.276 e. The van der Waals surface area contributed by atoms with Crippen LogP contribution in [0.25, 0.3) is 11.5 Å². The van der Waals surface area contributed by atoms with Crippen LogP contribution in [0.5, 0.6) is 0 Å². The minimum Gasteiger partial charge on any atom is -0.442 e. The van der Waals surface area contributed by atoms with Gasteiger partial charge >= 0.3 is 0 Å². The quantitative estimate of drug-likeness (QED) is 0.696. The number of amides is 1. The maximum absolute atomic E-state index is 13.1. The molecule has 0 bridgehead atoms. The number of hydrogen-bond donors (Lipinski definition) is 1. The van der Waals surface area contributed by atoms with Gasteiger partial charge in [0, 0.05) is 45.3 Å². The third-order valence-electron chi connectivity index (χ3n) is 6.42. The van der Waals surface area contributed by atoms with Crippen LogP contribution in [-0.4, -0.2) is 83.9 Å². The molecule has 2 fully saturated rings. The van der Waals surface area contributed by atoms with Crippen molar-refractivity contribution >= 4 is 15.9 Å². The molecule has 0 atom stereocenters. The van der Waals surface area contributed by atoms with E-state index in [1.165, 1.54) is 16.6 Å². The number of sulfonamides is 1. The minimum absolute atomic E-state index is 0.104. The minimum atomic E-state index is -3.73. The summed E-state index contributed by atoms with van der Waals surface area (Å²) in [5.41, 5.74) is 0.816. The molecular weight excluding hydrogens is 418 g/mol. The summed E-state index contributed by atoms with van der Waals surface area (Å²) in [6.07, 6.45) is 5.59. The molecule has 4 heterocycles. The molecule has 2 aromatic heterocycles. The Balaban J connectivity index is 1.49. The van der Waals surface area contributed by atoms with E-state index in [1.807, 2.05) is 0 Å². The normalized spacial score (nSPS) is 18.9. The second-order valence-electron chi connectivity index (χ2n) is 8.19. The zero-order chi connectivity index (χ0) is 22.0. The van der Waals surface area contributed by atoms with E-state index < -0.39 is 10.0 Å². The predicted octanol–water partition coefficient (Wildman–Crippen LogP) is 2.40. The van der Waals surface area contributed by atoms with Crippen molar-refractivity contribution in [3.05, 3.63) is 23.9 Å².